The van der Waals surface area contributed by atoms with Crippen molar-refractivity contribution in [3.05, 3.63) is 52.5 Å². The molecule has 0 saturated carbocycles. The molecule has 1 amide bonds. The number of pyridine rings is 1. The molecule has 2 aromatic heterocycles. The first-order valence-corrected chi connectivity index (χ1v) is 7.18. The van der Waals surface area contributed by atoms with Crippen LogP contribution < -0.4 is 5.32 Å². The topological polar surface area (TPSA) is 83.6 Å². The lowest BCUT2D eigenvalue weighted by atomic mass is 10.1. The van der Waals surface area contributed by atoms with E-state index in [2.05, 4.69) is 25.7 Å². The van der Waals surface area contributed by atoms with Crippen LogP contribution in [0.4, 0.5) is 13.2 Å². The van der Waals surface area contributed by atoms with Gasteiger partial charge in [0.05, 0.1) is 11.6 Å². The second-order valence-electron chi connectivity index (χ2n) is 5.51. The van der Waals surface area contributed by atoms with E-state index in [1.807, 2.05) is 0 Å². The Bertz CT molecular complexity index is 971. The highest BCUT2D eigenvalue weighted by Gasteiger charge is 2.30. The van der Waals surface area contributed by atoms with E-state index in [-0.39, 0.29) is 23.1 Å². The zero-order valence-electron chi connectivity index (χ0n) is 12.1. The van der Waals surface area contributed by atoms with Crippen LogP contribution in [0.25, 0.3) is 11.2 Å². The molecule has 2 N–H and O–H groups in total. The molecular formula is C15H10F3N5O. The summed E-state index contributed by atoms with van der Waals surface area (Å²) in [6.45, 7) is 0. The van der Waals surface area contributed by atoms with E-state index < -0.39 is 29.4 Å². The van der Waals surface area contributed by atoms with Gasteiger partial charge in [0, 0.05) is 6.20 Å². The number of aromatic nitrogens is 4. The minimum Gasteiger partial charge on any atom is -0.345 e. The predicted molar refractivity (Wildman–Crippen MR) is 76.5 cm³/mol. The van der Waals surface area contributed by atoms with Crippen molar-refractivity contribution >= 4 is 17.1 Å². The minimum atomic E-state index is -1.48. The normalized spacial score (nSPS) is 16.4. The molecule has 1 aliphatic rings. The average Bonchev–Trinajstić information content (AvgIpc) is 3.19. The first kappa shape index (κ1) is 14.6. The van der Waals surface area contributed by atoms with Gasteiger partial charge in [-0.2, -0.15) is 10.3 Å². The summed E-state index contributed by atoms with van der Waals surface area (Å²) in [5, 5.41) is 12.7. The summed E-state index contributed by atoms with van der Waals surface area (Å²) in [6.07, 6.45) is 1.92. The van der Waals surface area contributed by atoms with Gasteiger partial charge in [-0.1, -0.05) is 0 Å². The fraction of sp³-hybridized carbons (Fsp3) is 0.200. The van der Waals surface area contributed by atoms with Gasteiger partial charge in [-0.05, 0) is 36.1 Å². The summed E-state index contributed by atoms with van der Waals surface area (Å²) >= 11 is 0. The molecule has 4 rings (SSSR count). The van der Waals surface area contributed by atoms with Crippen LogP contribution in [0.3, 0.4) is 0 Å². The lowest BCUT2D eigenvalue weighted by Crippen LogP contribution is -2.27. The van der Waals surface area contributed by atoms with Crippen molar-refractivity contribution in [2.75, 3.05) is 0 Å². The molecule has 0 saturated heterocycles. The molecular weight excluding hydrogens is 323 g/mol. The fourth-order valence-electron chi connectivity index (χ4n) is 2.92. The number of hydrogen-bond acceptors (Lipinski definition) is 4. The zero-order chi connectivity index (χ0) is 16.8. The molecule has 6 nitrogen and oxygen atoms in total. The van der Waals surface area contributed by atoms with Gasteiger partial charge in [0.1, 0.15) is 5.52 Å². The number of carbonyl (C=O) groups excluding carboxylic acids is 1. The van der Waals surface area contributed by atoms with Gasteiger partial charge in [-0.25, -0.2) is 18.2 Å². The Balaban J connectivity index is 1.62. The predicted octanol–water partition coefficient (Wildman–Crippen LogP) is 2.19. The lowest BCUT2D eigenvalue weighted by molar-refractivity contribution is 0.0936. The van der Waals surface area contributed by atoms with Crippen LogP contribution in [0.15, 0.2) is 18.3 Å². The van der Waals surface area contributed by atoms with Gasteiger partial charge >= 0.3 is 0 Å². The van der Waals surface area contributed by atoms with Crippen molar-refractivity contribution in [2.24, 2.45) is 0 Å². The van der Waals surface area contributed by atoms with E-state index in [1.54, 1.807) is 0 Å². The standard InChI is InChI=1S/C15H10F3N5O/c16-9-4-8-7(12(17)13(9)18)1-2-10(8)20-15(24)6-3-11-14(19-5-6)22-23-21-11/h3-5,10H,1-2H2,(H,20,24)(H,19,21,22,23). The molecule has 0 radical (unpaired) electrons. The largest absolute Gasteiger partial charge is 0.345 e. The van der Waals surface area contributed by atoms with Gasteiger partial charge in [-0.15, -0.1) is 5.10 Å². The Hall–Kier alpha value is -2.97. The minimum absolute atomic E-state index is 0.101. The maximum Gasteiger partial charge on any atom is 0.253 e. The van der Waals surface area contributed by atoms with E-state index in [0.29, 0.717) is 17.6 Å². The first-order valence-electron chi connectivity index (χ1n) is 7.18. The van der Waals surface area contributed by atoms with Crippen LogP contribution in [-0.4, -0.2) is 26.3 Å². The zero-order valence-corrected chi connectivity index (χ0v) is 12.1. The van der Waals surface area contributed by atoms with E-state index in [9.17, 15) is 18.0 Å². The molecule has 0 fully saturated rings. The van der Waals surface area contributed by atoms with Crippen molar-refractivity contribution in [2.45, 2.75) is 18.9 Å². The second-order valence-corrected chi connectivity index (χ2v) is 5.51. The molecule has 2 heterocycles. The molecule has 0 aliphatic heterocycles. The van der Waals surface area contributed by atoms with E-state index in [1.165, 1.54) is 12.3 Å². The Morgan fingerprint density at radius 3 is 2.88 bits per heavy atom. The molecule has 122 valence electrons. The number of amides is 1. The summed E-state index contributed by atoms with van der Waals surface area (Å²) in [5.74, 6) is -4.40. The number of rotatable bonds is 2. The van der Waals surface area contributed by atoms with Gasteiger partial charge < -0.3 is 5.32 Å². The lowest BCUT2D eigenvalue weighted by Gasteiger charge is -2.14. The molecule has 9 heteroatoms. The van der Waals surface area contributed by atoms with Crippen molar-refractivity contribution in [3.63, 3.8) is 0 Å². The summed E-state index contributed by atoms with van der Waals surface area (Å²) < 4.78 is 40.5. The molecule has 1 atom stereocenters. The highest BCUT2D eigenvalue weighted by Crippen LogP contribution is 2.35. The van der Waals surface area contributed by atoms with Crippen molar-refractivity contribution in [1.82, 2.24) is 25.7 Å². The Morgan fingerprint density at radius 1 is 1.21 bits per heavy atom. The smallest absolute Gasteiger partial charge is 0.253 e. The number of H-pyrrole nitrogens is 1. The summed E-state index contributed by atoms with van der Waals surface area (Å²) in [6, 6.07) is 1.85. The number of nitrogens with one attached hydrogen (secondary N) is 2. The second kappa shape index (κ2) is 5.29. The number of halogens is 3. The molecule has 1 aromatic carbocycles. The maximum atomic E-state index is 13.8. The third-order valence-corrected chi connectivity index (χ3v) is 4.10. The Labute approximate surface area is 133 Å². The number of fused-ring (bicyclic) bond motifs is 2. The number of benzene rings is 1. The van der Waals surface area contributed by atoms with E-state index in [0.717, 1.165) is 6.07 Å². The molecule has 24 heavy (non-hydrogen) atoms. The summed E-state index contributed by atoms with van der Waals surface area (Å²) in [4.78, 5) is 16.3. The summed E-state index contributed by atoms with van der Waals surface area (Å²) in [7, 11) is 0. The van der Waals surface area contributed by atoms with E-state index >= 15 is 0 Å². The van der Waals surface area contributed by atoms with Crippen LogP contribution in [-0.2, 0) is 6.42 Å². The Morgan fingerprint density at radius 2 is 2.04 bits per heavy atom. The molecule has 0 bridgehead atoms. The third-order valence-electron chi connectivity index (χ3n) is 4.10. The fourth-order valence-corrected chi connectivity index (χ4v) is 2.92. The van der Waals surface area contributed by atoms with Crippen molar-refractivity contribution in [3.8, 4) is 0 Å². The molecule has 1 aliphatic carbocycles. The average molecular weight is 333 g/mol. The van der Waals surface area contributed by atoms with Crippen LogP contribution in [0.2, 0.25) is 0 Å². The van der Waals surface area contributed by atoms with Crippen molar-refractivity contribution in [1.29, 1.82) is 0 Å². The maximum absolute atomic E-state index is 13.8. The number of carbonyl (C=O) groups is 1. The van der Waals surface area contributed by atoms with Gasteiger partial charge in [0.25, 0.3) is 5.91 Å². The van der Waals surface area contributed by atoms with Crippen molar-refractivity contribution < 1.29 is 18.0 Å². The van der Waals surface area contributed by atoms with Crippen LogP contribution in [0.1, 0.15) is 33.9 Å². The molecule has 1 unspecified atom stereocenters. The van der Waals surface area contributed by atoms with Gasteiger partial charge in [0.2, 0.25) is 5.65 Å². The van der Waals surface area contributed by atoms with E-state index in [4.69, 9.17) is 0 Å². The highest BCUT2D eigenvalue weighted by atomic mass is 19.2. The summed E-state index contributed by atoms with van der Waals surface area (Å²) in [5.41, 5.74) is 1.40. The SMILES string of the molecule is O=C(NC1CCc2c1cc(F)c(F)c2F)c1cnc2n[nH]nc2c1. The van der Waals surface area contributed by atoms with Gasteiger partial charge in [0.15, 0.2) is 17.5 Å². The number of nitrogens with zero attached hydrogens (tertiary/aromatic N) is 3. The van der Waals surface area contributed by atoms with Crippen LogP contribution in [0.5, 0.6) is 0 Å². The highest BCUT2D eigenvalue weighted by molar-refractivity contribution is 5.96. The number of aromatic amines is 1. The molecule has 0 spiro atoms. The molecule has 3 aromatic rings. The Kier molecular flexibility index (Phi) is 3.22. The third kappa shape index (κ3) is 2.20. The van der Waals surface area contributed by atoms with Crippen LogP contribution >= 0.6 is 0 Å². The first-order chi connectivity index (χ1) is 11.5. The number of hydrogen-bond donors (Lipinski definition) is 2. The van der Waals surface area contributed by atoms with Gasteiger partial charge in [-0.3, -0.25) is 4.79 Å². The quantitative estimate of drug-likeness (QED) is 0.704. The monoisotopic (exact) mass is 333 g/mol. The van der Waals surface area contributed by atoms with Crippen LogP contribution in [0, 0.1) is 17.5 Å².